The molecule has 36 heavy (non-hydrogen) atoms. The third-order valence-corrected chi connectivity index (χ3v) is 6.18. The lowest BCUT2D eigenvalue weighted by atomic mass is 10.1. The summed E-state index contributed by atoms with van der Waals surface area (Å²) in [6.07, 6.45) is 4.46. The Balaban J connectivity index is 1.24. The Kier molecular flexibility index (Phi) is 8.34. The van der Waals surface area contributed by atoms with Crippen LogP contribution in [0.1, 0.15) is 52.0 Å². The summed E-state index contributed by atoms with van der Waals surface area (Å²) in [5, 5.41) is 8.80. The highest BCUT2D eigenvalue weighted by atomic mass is 16.2. The second-order valence-electron chi connectivity index (χ2n) is 9.09. The number of benzene rings is 3. The molecular weight excluding hydrogens is 452 g/mol. The molecule has 186 valence electrons. The maximum atomic E-state index is 12.7. The molecule has 0 spiro atoms. The van der Waals surface area contributed by atoms with Crippen molar-refractivity contribution < 1.29 is 14.4 Å². The van der Waals surface area contributed by atoms with Crippen LogP contribution in [0.3, 0.4) is 0 Å². The van der Waals surface area contributed by atoms with Crippen LogP contribution in [0.25, 0.3) is 0 Å². The van der Waals surface area contributed by atoms with Gasteiger partial charge in [-0.05, 0) is 80.4 Å². The molecule has 0 bridgehead atoms. The first-order chi connectivity index (χ1) is 17.5. The molecule has 0 atom stereocenters. The molecule has 1 fully saturated rings. The number of amides is 3. The molecular formula is C29H32N4O3. The summed E-state index contributed by atoms with van der Waals surface area (Å²) in [5.74, 6) is -0.314. The highest BCUT2D eigenvalue weighted by molar-refractivity contribution is 6.04. The van der Waals surface area contributed by atoms with Gasteiger partial charge in [-0.2, -0.15) is 0 Å². The summed E-state index contributed by atoms with van der Waals surface area (Å²) in [6.45, 7) is 3.65. The van der Waals surface area contributed by atoms with E-state index in [1.54, 1.807) is 42.5 Å². The minimum Gasteiger partial charge on any atom is -0.376 e. The van der Waals surface area contributed by atoms with E-state index in [4.69, 9.17) is 0 Å². The number of aryl methyl sites for hydroxylation is 1. The fraction of sp³-hybridized carbons (Fsp3) is 0.276. The predicted molar refractivity (Wildman–Crippen MR) is 144 cm³/mol. The normalized spacial score (nSPS) is 13.4. The zero-order valence-electron chi connectivity index (χ0n) is 20.5. The van der Waals surface area contributed by atoms with Crippen LogP contribution in [0.4, 0.5) is 17.1 Å². The molecule has 7 heteroatoms. The number of nitrogens with zero attached hydrogens (tertiary/aromatic N) is 1. The van der Waals surface area contributed by atoms with Gasteiger partial charge >= 0.3 is 0 Å². The fourth-order valence-electron chi connectivity index (χ4n) is 4.20. The van der Waals surface area contributed by atoms with E-state index in [1.165, 1.54) is 12.8 Å². The van der Waals surface area contributed by atoms with Crippen LogP contribution in [0.5, 0.6) is 0 Å². The second-order valence-corrected chi connectivity index (χ2v) is 9.09. The molecule has 3 aromatic rings. The molecule has 0 aromatic heterocycles. The van der Waals surface area contributed by atoms with Crippen LogP contribution in [0.15, 0.2) is 72.8 Å². The number of anilines is 3. The van der Waals surface area contributed by atoms with Crippen molar-refractivity contribution in [2.75, 3.05) is 35.6 Å². The zero-order chi connectivity index (χ0) is 25.3. The first kappa shape index (κ1) is 25.0. The van der Waals surface area contributed by atoms with Gasteiger partial charge in [0.15, 0.2) is 0 Å². The molecule has 0 unspecified atom stereocenters. The first-order valence-corrected chi connectivity index (χ1v) is 12.4. The lowest BCUT2D eigenvalue weighted by Gasteiger charge is -2.20. The number of carbonyl (C=O) groups is 3. The van der Waals surface area contributed by atoms with E-state index < -0.39 is 0 Å². The highest BCUT2D eigenvalue weighted by Gasteiger charge is 2.17. The van der Waals surface area contributed by atoms with Crippen molar-refractivity contribution >= 4 is 34.8 Å². The third-order valence-electron chi connectivity index (χ3n) is 6.18. The Morgan fingerprint density at radius 3 is 2.00 bits per heavy atom. The summed E-state index contributed by atoms with van der Waals surface area (Å²) in [6, 6.07) is 21.6. The Hall–Kier alpha value is -4.13. The van der Waals surface area contributed by atoms with Crippen LogP contribution >= 0.6 is 0 Å². The highest BCUT2D eigenvalue weighted by Crippen LogP contribution is 2.17. The minimum atomic E-state index is -0.196. The summed E-state index contributed by atoms with van der Waals surface area (Å²) < 4.78 is 0. The Morgan fingerprint density at radius 1 is 0.722 bits per heavy atom. The van der Waals surface area contributed by atoms with Crippen LogP contribution in [-0.2, 0) is 4.79 Å². The lowest BCUT2D eigenvalue weighted by Crippen LogP contribution is -2.31. The van der Waals surface area contributed by atoms with Gasteiger partial charge in [0.25, 0.3) is 11.8 Å². The van der Waals surface area contributed by atoms with Crippen LogP contribution in [0.2, 0.25) is 0 Å². The van der Waals surface area contributed by atoms with E-state index in [-0.39, 0.29) is 24.3 Å². The van der Waals surface area contributed by atoms with E-state index >= 15 is 0 Å². The van der Waals surface area contributed by atoms with Crippen molar-refractivity contribution in [1.82, 2.24) is 4.90 Å². The summed E-state index contributed by atoms with van der Waals surface area (Å²) >= 11 is 0. The summed E-state index contributed by atoms with van der Waals surface area (Å²) in [5.41, 5.74) is 4.35. The minimum absolute atomic E-state index is 0.0509. The molecule has 4 rings (SSSR count). The van der Waals surface area contributed by atoms with E-state index in [2.05, 4.69) is 16.0 Å². The van der Waals surface area contributed by atoms with Gasteiger partial charge in [0, 0.05) is 41.3 Å². The summed E-state index contributed by atoms with van der Waals surface area (Å²) in [7, 11) is 0. The largest absolute Gasteiger partial charge is 0.376 e. The molecule has 0 radical (unpaired) electrons. The molecule has 1 heterocycles. The fourth-order valence-corrected chi connectivity index (χ4v) is 4.20. The van der Waals surface area contributed by atoms with Gasteiger partial charge in [0.2, 0.25) is 5.91 Å². The van der Waals surface area contributed by atoms with E-state index in [1.807, 2.05) is 42.2 Å². The Morgan fingerprint density at radius 2 is 1.33 bits per heavy atom. The van der Waals surface area contributed by atoms with Gasteiger partial charge < -0.3 is 20.9 Å². The van der Waals surface area contributed by atoms with Gasteiger partial charge in [-0.3, -0.25) is 14.4 Å². The van der Waals surface area contributed by atoms with Gasteiger partial charge in [0.1, 0.15) is 0 Å². The maximum Gasteiger partial charge on any atom is 0.255 e. The number of nitrogens with one attached hydrogen (secondary N) is 3. The van der Waals surface area contributed by atoms with Crippen molar-refractivity contribution in [3.8, 4) is 0 Å². The SMILES string of the molecule is Cc1cccc(C(=O)Nc2ccc(NCC(=O)Nc3ccc(C(=O)N4CCCCCC4)cc3)cc2)c1. The third kappa shape index (κ3) is 6.95. The van der Waals surface area contributed by atoms with Gasteiger partial charge in [-0.25, -0.2) is 0 Å². The molecule has 1 aliphatic heterocycles. The monoisotopic (exact) mass is 484 g/mol. The van der Waals surface area contributed by atoms with Crippen molar-refractivity contribution in [2.24, 2.45) is 0 Å². The quantitative estimate of drug-likeness (QED) is 0.424. The van der Waals surface area contributed by atoms with E-state index in [9.17, 15) is 14.4 Å². The van der Waals surface area contributed by atoms with Gasteiger partial charge in [0.05, 0.1) is 6.54 Å². The lowest BCUT2D eigenvalue weighted by molar-refractivity contribution is -0.114. The zero-order valence-corrected chi connectivity index (χ0v) is 20.5. The molecule has 3 N–H and O–H groups in total. The number of likely N-dealkylation sites (tertiary alicyclic amines) is 1. The van der Waals surface area contributed by atoms with Gasteiger partial charge in [-0.15, -0.1) is 0 Å². The van der Waals surface area contributed by atoms with Crippen molar-refractivity contribution in [2.45, 2.75) is 32.6 Å². The second kappa shape index (κ2) is 12.0. The number of hydrogen-bond donors (Lipinski definition) is 3. The standard InChI is InChI=1S/C29H32N4O3/c1-21-7-6-8-23(19-21)28(35)32-26-15-13-24(14-16-26)30-20-27(34)31-25-11-9-22(10-12-25)29(36)33-17-4-2-3-5-18-33/h6-16,19,30H,2-5,17-18,20H2,1H3,(H,31,34)(H,32,35). The average Bonchev–Trinajstić information content (AvgIpc) is 3.18. The predicted octanol–water partition coefficient (Wildman–Crippen LogP) is 5.31. The van der Waals surface area contributed by atoms with E-state index in [0.717, 1.165) is 37.2 Å². The molecule has 0 saturated carbocycles. The Labute approximate surface area is 211 Å². The summed E-state index contributed by atoms with van der Waals surface area (Å²) in [4.78, 5) is 39.4. The van der Waals surface area contributed by atoms with Crippen LogP contribution in [-0.4, -0.2) is 42.3 Å². The molecule has 3 amide bonds. The average molecular weight is 485 g/mol. The van der Waals surface area contributed by atoms with E-state index in [0.29, 0.717) is 22.5 Å². The Bertz CT molecular complexity index is 1200. The molecule has 1 aliphatic rings. The molecule has 1 saturated heterocycles. The maximum absolute atomic E-state index is 12.7. The van der Waals surface area contributed by atoms with Crippen molar-refractivity contribution in [3.63, 3.8) is 0 Å². The molecule has 3 aromatic carbocycles. The smallest absolute Gasteiger partial charge is 0.255 e. The first-order valence-electron chi connectivity index (χ1n) is 12.4. The topological polar surface area (TPSA) is 90.5 Å². The van der Waals surface area contributed by atoms with Crippen molar-refractivity contribution in [3.05, 3.63) is 89.5 Å². The van der Waals surface area contributed by atoms with Crippen LogP contribution in [0, 0.1) is 6.92 Å². The number of rotatable bonds is 7. The van der Waals surface area contributed by atoms with Crippen LogP contribution < -0.4 is 16.0 Å². The number of hydrogen-bond acceptors (Lipinski definition) is 4. The van der Waals surface area contributed by atoms with Crippen molar-refractivity contribution in [1.29, 1.82) is 0 Å². The number of carbonyl (C=O) groups excluding carboxylic acids is 3. The molecule has 0 aliphatic carbocycles. The molecule has 7 nitrogen and oxygen atoms in total. The van der Waals surface area contributed by atoms with Gasteiger partial charge in [-0.1, -0.05) is 30.5 Å².